The van der Waals surface area contributed by atoms with Gasteiger partial charge in [-0.3, -0.25) is 4.79 Å². The molecule has 0 saturated heterocycles. The molecule has 0 atom stereocenters. The summed E-state index contributed by atoms with van der Waals surface area (Å²) in [6, 6.07) is 6.98. The van der Waals surface area contributed by atoms with E-state index in [1.54, 1.807) is 42.8 Å². The van der Waals surface area contributed by atoms with Crippen LogP contribution in [0, 0.1) is 6.92 Å². The van der Waals surface area contributed by atoms with Gasteiger partial charge in [-0.2, -0.15) is 0 Å². The van der Waals surface area contributed by atoms with E-state index in [9.17, 15) is 9.59 Å². The number of nitrogens with zero attached hydrogens (tertiary/aromatic N) is 1. The Balaban J connectivity index is 2.78. The predicted octanol–water partition coefficient (Wildman–Crippen LogP) is 3.25. The van der Waals surface area contributed by atoms with Crippen LogP contribution < -0.4 is 0 Å². The summed E-state index contributed by atoms with van der Waals surface area (Å²) in [5.41, 5.74) is 2.85. The van der Waals surface area contributed by atoms with Gasteiger partial charge in [0, 0.05) is 23.3 Å². The van der Waals surface area contributed by atoms with E-state index in [-0.39, 0.29) is 0 Å². The van der Waals surface area contributed by atoms with Crippen LogP contribution in [0.5, 0.6) is 0 Å². The quantitative estimate of drug-likeness (QED) is 0.644. The topological polar surface area (TPSA) is 48.3 Å². The van der Waals surface area contributed by atoms with Crippen LogP contribution in [-0.4, -0.2) is 23.9 Å². The van der Waals surface area contributed by atoms with Crippen molar-refractivity contribution in [1.29, 1.82) is 0 Å². The number of benzene rings is 1. The van der Waals surface area contributed by atoms with E-state index in [1.165, 1.54) is 7.11 Å². The van der Waals surface area contributed by atoms with Crippen molar-refractivity contribution in [1.82, 2.24) is 4.57 Å². The first-order chi connectivity index (χ1) is 9.51. The molecule has 0 aliphatic carbocycles. The third kappa shape index (κ3) is 2.23. The molecular weight excluding hydrogens is 278 g/mol. The predicted molar refractivity (Wildman–Crippen MR) is 77.3 cm³/mol. The molecular formula is C15H14ClNO3. The third-order valence-electron chi connectivity index (χ3n) is 3.37. The first kappa shape index (κ1) is 14.3. The highest BCUT2D eigenvalue weighted by Gasteiger charge is 2.25. The van der Waals surface area contributed by atoms with Crippen LogP contribution in [0.25, 0.3) is 11.1 Å². The molecule has 1 aromatic heterocycles. The first-order valence-electron chi connectivity index (χ1n) is 6.00. The summed E-state index contributed by atoms with van der Waals surface area (Å²) in [5.74, 6) is -0.462. The van der Waals surface area contributed by atoms with Gasteiger partial charge >= 0.3 is 5.97 Å². The van der Waals surface area contributed by atoms with Crippen molar-refractivity contribution in [3.63, 3.8) is 0 Å². The average Bonchev–Trinajstić information content (AvgIpc) is 2.71. The smallest absolute Gasteiger partial charge is 0.340 e. The van der Waals surface area contributed by atoms with Crippen molar-refractivity contribution < 1.29 is 14.3 Å². The lowest BCUT2D eigenvalue weighted by atomic mass is 10.0. The minimum Gasteiger partial charge on any atom is -0.465 e. The number of ether oxygens (including phenoxy) is 1. The Hall–Kier alpha value is -2.07. The van der Waals surface area contributed by atoms with E-state index in [2.05, 4.69) is 0 Å². The van der Waals surface area contributed by atoms with Crippen molar-refractivity contribution in [3.05, 3.63) is 46.2 Å². The van der Waals surface area contributed by atoms with E-state index in [0.29, 0.717) is 27.5 Å². The van der Waals surface area contributed by atoms with Gasteiger partial charge in [0.25, 0.3) is 0 Å². The number of esters is 1. The van der Waals surface area contributed by atoms with Gasteiger partial charge in [-0.1, -0.05) is 23.7 Å². The van der Waals surface area contributed by atoms with Crippen molar-refractivity contribution >= 4 is 23.9 Å². The van der Waals surface area contributed by atoms with Crippen LogP contribution in [0.3, 0.4) is 0 Å². The Kier molecular flexibility index (Phi) is 3.95. The van der Waals surface area contributed by atoms with E-state index in [4.69, 9.17) is 16.3 Å². The van der Waals surface area contributed by atoms with Crippen LogP contribution in [-0.2, 0) is 11.8 Å². The zero-order chi connectivity index (χ0) is 14.9. The molecule has 1 aromatic carbocycles. The average molecular weight is 292 g/mol. The van der Waals surface area contributed by atoms with E-state index >= 15 is 0 Å². The number of hydrogen-bond donors (Lipinski definition) is 0. The van der Waals surface area contributed by atoms with Crippen LogP contribution >= 0.6 is 11.6 Å². The van der Waals surface area contributed by atoms with Crippen LogP contribution in [0.15, 0.2) is 24.3 Å². The number of rotatable bonds is 3. The lowest BCUT2D eigenvalue weighted by molar-refractivity contribution is 0.0600. The van der Waals surface area contributed by atoms with Gasteiger partial charge in [0.05, 0.1) is 18.4 Å². The van der Waals surface area contributed by atoms with Crippen molar-refractivity contribution in [3.8, 4) is 11.1 Å². The molecule has 0 aliphatic heterocycles. The Morgan fingerprint density at radius 1 is 1.30 bits per heavy atom. The molecule has 2 rings (SSSR count). The number of hydrogen-bond acceptors (Lipinski definition) is 3. The fourth-order valence-electron chi connectivity index (χ4n) is 2.22. The van der Waals surface area contributed by atoms with E-state index in [1.807, 2.05) is 0 Å². The monoisotopic (exact) mass is 291 g/mol. The minimum absolute atomic E-state index is 0.402. The summed E-state index contributed by atoms with van der Waals surface area (Å²) in [7, 11) is 3.06. The molecule has 1 heterocycles. The van der Waals surface area contributed by atoms with Crippen molar-refractivity contribution in [2.75, 3.05) is 7.11 Å². The molecule has 0 aliphatic rings. The van der Waals surface area contributed by atoms with Gasteiger partial charge in [0.15, 0.2) is 6.29 Å². The summed E-state index contributed by atoms with van der Waals surface area (Å²) in [6.07, 6.45) is 0.739. The SMILES string of the molecule is COC(=O)c1c(-c2ccc(Cl)cc2)c(C=O)n(C)c1C. The second-order valence-corrected chi connectivity index (χ2v) is 4.83. The van der Waals surface area contributed by atoms with E-state index in [0.717, 1.165) is 11.8 Å². The zero-order valence-electron chi connectivity index (χ0n) is 11.4. The summed E-state index contributed by atoms with van der Waals surface area (Å²) in [4.78, 5) is 23.4. The summed E-state index contributed by atoms with van der Waals surface area (Å²) in [6.45, 7) is 1.78. The molecule has 5 heteroatoms. The maximum absolute atomic E-state index is 12.0. The Labute approximate surface area is 121 Å². The van der Waals surface area contributed by atoms with Gasteiger partial charge in [-0.15, -0.1) is 0 Å². The number of aldehydes is 1. The lowest BCUT2D eigenvalue weighted by Crippen LogP contribution is -2.04. The largest absolute Gasteiger partial charge is 0.465 e. The molecule has 0 radical (unpaired) electrons. The molecule has 2 aromatic rings. The first-order valence-corrected chi connectivity index (χ1v) is 6.37. The normalized spacial score (nSPS) is 10.4. The maximum Gasteiger partial charge on any atom is 0.340 e. The molecule has 0 bridgehead atoms. The number of aromatic nitrogens is 1. The molecule has 4 nitrogen and oxygen atoms in total. The van der Waals surface area contributed by atoms with Gasteiger partial charge in [-0.05, 0) is 24.6 Å². The number of methoxy groups -OCH3 is 1. The molecule has 0 saturated carbocycles. The van der Waals surface area contributed by atoms with Crippen molar-refractivity contribution in [2.45, 2.75) is 6.92 Å². The van der Waals surface area contributed by atoms with Gasteiger partial charge in [0.2, 0.25) is 0 Å². The van der Waals surface area contributed by atoms with Gasteiger partial charge < -0.3 is 9.30 Å². The highest BCUT2D eigenvalue weighted by Crippen LogP contribution is 2.32. The van der Waals surface area contributed by atoms with Crippen LogP contribution in [0.1, 0.15) is 26.5 Å². The maximum atomic E-state index is 12.0. The van der Waals surface area contributed by atoms with Crippen LogP contribution in [0.4, 0.5) is 0 Å². The number of halogens is 1. The van der Waals surface area contributed by atoms with E-state index < -0.39 is 5.97 Å². The summed E-state index contributed by atoms with van der Waals surface area (Å²) >= 11 is 5.87. The highest BCUT2D eigenvalue weighted by molar-refractivity contribution is 6.30. The Bertz CT molecular complexity index is 671. The molecule has 0 unspecified atom stereocenters. The molecule has 0 N–H and O–H groups in total. The molecule has 20 heavy (non-hydrogen) atoms. The minimum atomic E-state index is -0.462. The Morgan fingerprint density at radius 2 is 1.90 bits per heavy atom. The molecule has 0 fully saturated rings. The molecule has 0 spiro atoms. The third-order valence-corrected chi connectivity index (χ3v) is 3.62. The fraction of sp³-hybridized carbons (Fsp3) is 0.200. The zero-order valence-corrected chi connectivity index (χ0v) is 12.2. The summed E-state index contributed by atoms with van der Waals surface area (Å²) in [5, 5.41) is 0.591. The lowest BCUT2D eigenvalue weighted by Gasteiger charge is -2.05. The van der Waals surface area contributed by atoms with Crippen LogP contribution in [0.2, 0.25) is 5.02 Å². The fourth-order valence-corrected chi connectivity index (χ4v) is 2.35. The highest BCUT2D eigenvalue weighted by atomic mass is 35.5. The second-order valence-electron chi connectivity index (χ2n) is 4.40. The van der Waals surface area contributed by atoms with Gasteiger partial charge in [-0.25, -0.2) is 4.79 Å². The molecule has 104 valence electrons. The summed E-state index contributed by atoms with van der Waals surface area (Å²) < 4.78 is 6.51. The second kappa shape index (κ2) is 5.51. The Morgan fingerprint density at radius 3 is 2.40 bits per heavy atom. The number of carbonyl (C=O) groups is 2. The standard InChI is InChI=1S/C15H14ClNO3/c1-9-13(15(19)20-3)14(12(8-18)17(9)2)10-4-6-11(16)7-5-10/h4-8H,1-3H3. The van der Waals surface area contributed by atoms with Crippen molar-refractivity contribution in [2.24, 2.45) is 7.05 Å². The van der Waals surface area contributed by atoms with Gasteiger partial charge in [0.1, 0.15) is 0 Å². The number of carbonyl (C=O) groups excluding carboxylic acids is 2. The molecule has 0 amide bonds.